The molecule has 2 N–H and O–H groups in total. The van der Waals surface area contributed by atoms with Gasteiger partial charge in [-0.1, -0.05) is 13.0 Å². The van der Waals surface area contributed by atoms with E-state index in [0.29, 0.717) is 30.7 Å². The number of carbonyl (C=O) groups excluding carboxylic acids is 1. The first-order chi connectivity index (χ1) is 14.0. The molecule has 1 aliphatic rings. The lowest BCUT2D eigenvalue weighted by atomic mass is 9.92. The normalized spacial score (nSPS) is 13.8. The summed E-state index contributed by atoms with van der Waals surface area (Å²) >= 11 is 1.64. The molecule has 0 saturated heterocycles. The summed E-state index contributed by atoms with van der Waals surface area (Å²) in [6, 6.07) is 5.41. The standard InChI is InChI=1S/C21H29N3O3S2/c1-2-21-24-18(15-28-21)11-13-22-20(25)8-5-12-23-29(26,27)19-10-9-16-6-3-4-7-17(16)14-19/h9-10,14-15,23H,2-8,11-13H2,1H3,(H,22,25). The van der Waals surface area contributed by atoms with Gasteiger partial charge in [0.15, 0.2) is 0 Å². The van der Waals surface area contributed by atoms with Gasteiger partial charge in [0.1, 0.15) is 0 Å². The van der Waals surface area contributed by atoms with Crippen molar-refractivity contribution in [1.82, 2.24) is 15.0 Å². The molecule has 0 saturated carbocycles. The number of sulfonamides is 1. The zero-order chi connectivity index (χ0) is 20.7. The largest absolute Gasteiger partial charge is 0.356 e. The lowest BCUT2D eigenvalue weighted by Crippen LogP contribution is -2.28. The molecule has 158 valence electrons. The van der Waals surface area contributed by atoms with Gasteiger partial charge in [-0.15, -0.1) is 11.3 Å². The minimum Gasteiger partial charge on any atom is -0.356 e. The van der Waals surface area contributed by atoms with Crippen LogP contribution in [0, 0.1) is 0 Å². The van der Waals surface area contributed by atoms with Crippen molar-refractivity contribution in [2.45, 2.75) is 63.2 Å². The molecule has 1 amide bonds. The smallest absolute Gasteiger partial charge is 0.240 e. The Morgan fingerprint density at radius 1 is 1.17 bits per heavy atom. The highest BCUT2D eigenvalue weighted by molar-refractivity contribution is 7.89. The molecular formula is C21H29N3O3S2. The summed E-state index contributed by atoms with van der Waals surface area (Å²) in [7, 11) is -3.53. The van der Waals surface area contributed by atoms with Gasteiger partial charge in [0, 0.05) is 31.3 Å². The first kappa shape index (κ1) is 21.9. The third kappa shape index (κ3) is 6.35. The summed E-state index contributed by atoms with van der Waals surface area (Å²) in [6.07, 6.45) is 6.66. The minimum atomic E-state index is -3.53. The highest BCUT2D eigenvalue weighted by atomic mass is 32.2. The summed E-state index contributed by atoms with van der Waals surface area (Å²) in [4.78, 5) is 16.7. The Balaban J connectivity index is 1.37. The predicted molar refractivity (Wildman–Crippen MR) is 116 cm³/mol. The van der Waals surface area contributed by atoms with Crippen LogP contribution in [0.5, 0.6) is 0 Å². The fraction of sp³-hybridized carbons (Fsp3) is 0.524. The van der Waals surface area contributed by atoms with Gasteiger partial charge >= 0.3 is 0 Å². The number of aryl methyl sites for hydroxylation is 3. The topological polar surface area (TPSA) is 88.2 Å². The third-order valence-corrected chi connectivity index (χ3v) is 7.61. The molecule has 1 aromatic carbocycles. The maximum Gasteiger partial charge on any atom is 0.240 e. The van der Waals surface area contributed by atoms with Crippen molar-refractivity contribution in [3.63, 3.8) is 0 Å². The van der Waals surface area contributed by atoms with Gasteiger partial charge in [-0.3, -0.25) is 4.79 Å². The van der Waals surface area contributed by atoms with E-state index in [1.165, 1.54) is 12.0 Å². The highest BCUT2D eigenvalue weighted by Gasteiger charge is 2.17. The lowest BCUT2D eigenvalue weighted by molar-refractivity contribution is -0.121. The van der Waals surface area contributed by atoms with Gasteiger partial charge in [0.25, 0.3) is 0 Å². The summed E-state index contributed by atoms with van der Waals surface area (Å²) < 4.78 is 27.6. The van der Waals surface area contributed by atoms with Gasteiger partial charge in [0.2, 0.25) is 15.9 Å². The van der Waals surface area contributed by atoms with E-state index in [1.807, 2.05) is 11.4 Å². The second-order valence-electron chi connectivity index (χ2n) is 7.33. The van der Waals surface area contributed by atoms with Gasteiger partial charge in [-0.2, -0.15) is 0 Å². The molecule has 0 fully saturated rings. The Bertz CT molecular complexity index is 938. The second-order valence-corrected chi connectivity index (χ2v) is 10.0. The number of hydrogen-bond acceptors (Lipinski definition) is 5. The van der Waals surface area contributed by atoms with Crippen LogP contribution in [0.15, 0.2) is 28.5 Å². The Kier molecular flexibility index (Phi) is 7.80. The summed E-state index contributed by atoms with van der Waals surface area (Å²) in [5.74, 6) is -0.0658. The number of aromatic nitrogens is 1. The van der Waals surface area contributed by atoms with Crippen molar-refractivity contribution in [3.05, 3.63) is 45.4 Å². The first-order valence-corrected chi connectivity index (χ1v) is 12.7. The van der Waals surface area contributed by atoms with Crippen LogP contribution in [-0.4, -0.2) is 32.4 Å². The van der Waals surface area contributed by atoms with Crippen LogP contribution in [0.2, 0.25) is 0 Å². The number of thiazole rings is 1. The molecule has 0 unspecified atom stereocenters. The molecule has 6 nitrogen and oxygen atoms in total. The highest BCUT2D eigenvalue weighted by Crippen LogP contribution is 2.24. The Hall–Kier alpha value is -1.77. The van der Waals surface area contributed by atoms with Gasteiger partial charge in [-0.05, 0) is 61.8 Å². The van der Waals surface area contributed by atoms with Crippen molar-refractivity contribution in [3.8, 4) is 0 Å². The molecule has 0 bridgehead atoms. The Morgan fingerprint density at radius 3 is 2.72 bits per heavy atom. The molecule has 1 aliphatic carbocycles. The van der Waals surface area contributed by atoms with E-state index in [0.717, 1.165) is 41.9 Å². The number of fused-ring (bicyclic) bond motifs is 1. The van der Waals surface area contributed by atoms with Gasteiger partial charge in [0.05, 0.1) is 15.6 Å². The number of amides is 1. The van der Waals surface area contributed by atoms with Gasteiger partial charge in [-0.25, -0.2) is 18.1 Å². The maximum absolute atomic E-state index is 12.5. The van der Waals surface area contributed by atoms with Crippen molar-refractivity contribution < 1.29 is 13.2 Å². The SMILES string of the molecule is CCc1nc(CCNC(=O)CCCNS(=O)(=O)c2ccc3c(c2)CCCC3)cs1. The molecule has 2 aromatic rings. The van der Waals surface area contributed by atoms with E-state index >= 15 is 0 Å². The van der Waals surface area contributed by atoms with Crippen LogP contribution < -0.4 is 10.0 Å². The Morgan fingerprint density at radius 2 is 1.97 bits per heavy atom. The van der Waals surface area contributed by atoms with Crippen LogP contribution >= 0.6 is 11.3 Å². The fourth-order valence-corrected chi connectivity index (χ4v) is 5.36. The van der Waals surface area contributed by atoms with E-state index in [9.17, 15) is 13.2 Å². The molecular weight excluding hydrogens is 406 g/mol. The van der Waals surface area contributed by atoms with Crippen molar-refractivity contribution in [2.75, 3.05) is 13.1 Å². The van der Waals surface area contributed by atoms with Gasteiger partial charge < -0.3 is 5.32 Å². The molecule has 29 heavy (non-hydrogen) atoms. The molecule has 0 atom stereocenters. The molecule has 0 radical (unpaired) electrons. The van der Waals surface area contributed by atoms with Crippen LogP contribution in [-0.2, 0) is 40.5 Å². The molecule has 3 rings (SSSR count). The summed E-state index contributed by atoms with van der Waals surface area (Å²) in [5.41, 5.74) is 3.41. The van der Waals surface area contributed by atoms with E-state index < -0.39 is 10.0 Å². The molecule has 8 heteroatoms. The average molecular weight is 436 g/mol. The molecule has 1 heterocycles. The predicted octanol–water partition coefficient (Wildman–Crippen LogP) is 3.00. The number of hydrogen-bond donors (Lipinski definition) is 2. The van der Waals surface area contributed by atoms with Crippen molar-refractivity contribution in [2.24, 2.45) is 0 Å². The lowest BCUT2D eigenvalue weighted by Gasteiger charge is -2.16. The maximum atomic E-state index is 12.5. The molecule has 0 spiro atoms. The quantitative estimate of drug-likeness (QED) is 0.562. The fourth-order valence-electron chi connectivity index (χ4n) is 3.46. The zero-order valence-corrected chi connectivity index (χ0v) is 18.5. The number of nitrogens with zero attached hydrogens (tertiary/aromatic N) is 1. The number of rotatable bonds is 10. The van der Waals surface area contributed by atoms with E-state index in [-0.39, 0.29) is 12.5 Å². The average Bonchev–Trinajstić information content (AvgIpc) is 3.19. The van der Waals surface area contributed by atoms with Crippen LogP contribution in [0.1, 0.15) is 54.4 Å². The number of carbonyl (C=O) groups is 1. The zero-order valence-electron chi connectivity index (χ0n) is 16.9. The third-order valence-electron chi connectivity index (χ3n) is 5.11. The van der Waals surface area contributed by atoms with E-state index in [1.54, 1.807) is 23.5 Å². The second kappa shape index (κ2) is 10.3. The first-order valence-electron chi connectivity index (χ1n) is 10.3. The monoisotopic (exact) mass is 435 g/mol. The summed E-state index contributed by atoms with van der Waals surface area (Å²) in [5, 5.41) is 6.01. The van der Waals surface area contributed by atoms with Crippen molar-refractivity contribution in [1.29, 1.82) is 0 Å². The van der Waals surface area contributed by atoms with E-state index in [4.69, 9.17) is 0 Å². The number of benzene rings is 1. The van der Waals surface area contributed by atoms with Crippen LogP contribution in [0.25, 0.3) is 0 Å². The van der Waals surface area contributed by atoms with Crippen LogP contribution in [0.4, 0.5) is 0 Å². The molecule has 0 aliphatic heterocycles. The van der Waals surface area contributed by atoms with Crippen molar-refractivity contribution >= 4 is 27.3 Å². The van der Waals surface area contributed by atoms with Crippen LogP contribution in [0.3, 0.4) is 0 Å². The number of nitrogens with one attached hydrogen (secondary N) is 2. The summed E-state index contributed by atoms with van der Waals surface area (Å²) in [6.45, 7) is 2.87. The molecule has 1 aromatic heterocycles. The minimum absolute atomic E-state index is 0.0658. The Labute approximate surface area is 177 Å². The van der Waals surface area contributed by atoms with E-state index in [2.05, 4.69) is 21.9 Å².